The minimum absolute atomic E-state index is 0.709. The van der Waals surface area contributed by atoms with Gasteiger partial charge in [-0.2, -0.15) is 0 Å². The van der Waals surface area contributed by atoms with Crippen LogP contribution in [0.3, 0.4) is 0 Å². The summed E-state index contributed by atoms with van der Waals surface area (Å²) in [5.41, 5.74) is 2.52. The number of rotatable bonds is 5. The zero-order chi connectivity index (χ0) is 11.9. The number of pyridine rings is 1. The molecule has 0 aliphatic heterocycles. The number of ether oxygens (including phenoxy) is 1. The zero-order valence-corrected chi connectivity index (χ0v) is 10.1. The third-order valence-electron chi connectivity index (χ3n) is 2.75. The number of aromatic nitrogens is 1. The van der Waals surface area contributed by atoms with Crippen LogP contribution in [0.4, 0.5) is 0 Å². The molecule has 0 atom stereocenters. The molecule has 0 amide bonds. The lowest BCUT2D eigenvalue weighted by Gasteiger charge is -2.09. The van der Waals surface area contributed by atoms with Gasteiger partial charge in [0.05, 0.1) is 6.61 Å². The van der Waals surface area contributed by atoms with Crippen LogP contribution in [0.1, 0.15) is 18.1 Å². The molecule has 0 unspecified atom stereocenters. The van der Waals surface area contributed by atoms with E-state index >= 15 is 0 Å². The van der Waals surface area contributed by atoms with Crippen molar-refractivity contribution in [3.05, 3.63) is 59.9 Å². The summed E-state index contributed by atoms with van der Waals surface area (Å²) in [6.45, 7) is 2.85. The molecule has 0 aliphatic rings. The molecule has 0 radical (unpaired) electrons. The van der Waals surface area contributed by atoms with Crippen molar-refractivity contribution >= 4 is 0 Å². The predicted molar refractivity (Wildman–Crippen MR) is 69.3 cm³/mol. The number of hydrogen-bond acceptors (Lipinski definition) is 2. The Hall–Kier alpha value is -1.83. The fraction of sp³-hybridized carbons (Fsp3) is 0.267. The monoisotopic (exact) mass is 227 g/mol. The number of para-hydroxylation sites is 1. The Morgan fingerprint density at radius 3 is 2.59 bits per heavy atom. The highest BCUT2D eigenvalue weighted by Crippen LogP contribution is 2.18. The van der Waals surface area contributed by atoms with Crippen molar-refractivity contribution in [2.45, 2.75) is 19.8 Å². The number of hydrogen-bond donors (Lipinski definition) is 0. The van der Waals surface area contributed by atoms with Crippen molar-refractivity contribution in [2.24, 2.45) is 0 Å². The van der Waals surface area contributed by atoms with Crippen LogP contribution in [0.25, 0.3) is 0 Å². The van der Waals surface area contributed by atoms with E-state index in [9.17, 15) is 0 Å². The standard InChI is InChI=1S/C15H17NO/c1-2-14-5-3-4-6-15(14)17-12-9-13-7-10-16-11-8-13/h3-8,10-11H,2,9,12H2,1H3. The van der Waals surface area contributed by atoms with Crippen LogP contribution in [-0.2, 0) is 12.8 Å². The molecule has 1 aromatic carbocycles. The third kappa shape index (κ3) is 3.31. The Morgan fingerprint density at radius 2 is 1.82 bits per heavy atom. The molecular formula is C15H17NO. The largest absolute Gasteiger partial charge is 0.493 e. The lowest BCUT2D eigenvalue weighted by atomic mass is 10.1. The van der Waals surface area contributed by atoms with Gasteiger partial charge in [0.2, 0.25) is 0 Å². The van der Waals surface area contributed by atoms with Gasteiger partial charge in [-0.1, -0.05) is 25.1 Å². The fourth-order valence-corrected chi connectivity index (χ4v) is 1.77. The van der Waals surface area contributed by atoms with Gasteiger partial charge >= 0.3 is 0 Å². The van der Waals surface area contributed by atoms with E-state index in [-0.39, 0.29) is 0 Å². The maximum absolute atomic E-state index is 5.81. The number of benzene rings is 1. The van der Waals surface area contributed by atoms with Crippen LogP contribution in [0.2, 0.25) is 0 Å². The Labute approximate surface area is 102 Å². The molecule has 2 rings (SSSR count). The van der Waals surface area contributed by atoms with Gasteiger partial charge in [0.1, 0.15) is 5.75 Å². The summed E-state index contributed by atoms with van der Waals surface area (Å²) in [6.07, 6.45) is 5.55. The van der Waals surface area contributed by atoms with Crippen molar-refractivity contribution in [2.75, 3.05) is 6.61 Å². The third-order valence-corrected chi connectivity index (χ3v) is 2.75. The lowest BCUT2D eigenvalue weighted by Crippen LogP contribution is -2.03. The molecule has 2 heteroatoms. The van der Waals surface area contributed by atoms with Crippen LogP contribution >= 0.6 is 0 Å². The first-order valence-electron chi connectivity index (χ1n) is 5.99. The Kier molecular flexibility index (Phi) is 4.14. The van der Waals surface area contributed by atoms with E-state index in [0.29, 0.717) is 6.61 Å². The molecular weight excluding hydrogens is 210 g/mol. The van der Waals surface area contributed by atoms with Crippen molar-refractivity contribution in [3.63, 3.8) is 0 Å². The fourth-order valence-electron chi connectivity index (χ4n) is 1.77. The summed E-state index contributed by atoms with van der Waals surface area (Å²) in [4.78, 5) is 4.00. The second-order valence-corrected chi connectivity index (χ2v) is 3.92. The second kappa shape index (κ2) is 6.04. The van der Waals surface area contributed by atoms with E-state index in [2.05, 4.69) is 24.0 Å². The van der Waals surface area contributed by atoms with Crippen molar-refractivity contribution in [1.82, 2.24) is 4.98 Å². The molecule has 17 heavy (non-hydrogen) atoms. The summed E-state index contributed by atoms with van der Waals surface area (Å²) in [5.74, 6) is 1.00. The van der Waals surface area contributed by atoms with Gasteiger partial charge in [-0.15, -0.1) is 0 Å². The van der Waals surface area contributed by atoms with Gasteiger partial charge in [0.15, 0.2) is 0 Å². The maximum atomic E-state index is 5.81. The summed E-state index contributed by atoms with van der Waals surface area (Å²) < 4.78 is 5.81. The molecule has 2 aromatic rings. The van der Waals surface area contributed by atoms with E-state index in [1.54, 1.807) is 0 Å². The van der Waals surface area contributed by atoms with Crippen molar-refractivity contribution < 1.29 is 4.74 Å². The normalized spacial score (nSPS) is 10.2. The molecule has 0 saturated heterocycles. The van der Waals surface area contributed by atoms with E-state index in [1.807, 2.05) is 36.7 Å². The highest BCUT2D eigenvalue weighted by atomic mass is 16.5. The quantitative estimate of drug-likeness (QED) is 0.782. The van der Waals surface area contributed by atoms with Crippen LogP contribution in [0.15, 0.2) is 48.8 Å². The van der Waals surface area contributed by atoms with E-state index in [0.717, 1.165) is 18.6 Å². The van der Waals surface area contributed by atoms with Crippen molar-refractivity contribution in [3.8, 4) is 5.75 Å². The van der Waals surface area contributed by atoms with E-state index < -0.39 is 0 Å². The molecule has 88 valence electrons. The topological polar surface area (TPSA) is 22.1 Å². The molecule has 0 bridgehead atoms. The van der Waals surface area contributed by atoms with Crippen LogP contribution in [0, 0.1) is 0 Å². The Morgan fingerprint density at radius 1 is 1.06 bits per heavy atom. The molecule has 0 N–H and O–H groups in total. The maximum Gasteiger partial charge on any atom is 0.122 e. The summed E-state index contributed by atoms with van der Waals surface area (Å²) in [7, 11) is 0. The van der Waals surface area contributed by atoms with E-state index in [1.165, 1.54) is 11.1 Å². The second-order valence-electron chi connectivity index (χ2n) is 3.92. The van der Waals surface area contributed by atoms with Crippen LogP contribution < -0.4 is 4.74 Å². The first kappa shape index (κ1) is 11.6. The highest BCUT2D eigenvalue weighted by Gasteiger charge is 2.00. The minimum atomic E-state index is 0.709. The SMILES string of the molecule is CCc1ccccc1OCCc1ccncc1. The predicted octanol–water partition coefficient (Wildman–Crippen LogP) is 3.27. The highest BCUT2D eigenvalue weighted by molar-refractivity contribution is 5.33. The van der Waals surface area contributed by atoms with Gasteiger partial charge in [-0.05, 0) is 35.7 Å². The molecule has 0 fully saturated rings. The molecule has 0 aliphatic carbocycles. The average molecular weight is 227 g/mol. The smallest absolute Gasteiger partial charge is 0.122 e. The van der Waals surface area contributed by atoms with Gasteiger partial charge in [-0.25, -0.2) is 0 Å². The summed E-state index contributed by atoms with van der Waals surface area (Å²) in [6, 6.07) is 12.3. The lowest BCUT2D eigenvalue weighted by molar-refractivity contribution is 0.319. The summed E-state index contributed by atoms with van der Waals surface area (Å²) >= 11 is 0. The van der Waals surface area contributed by atoms with E-state index in [4.69, 9.17) is 4.74 Å². The van der Waals surface area contributed by atoms with Gasteiger partial charge in [0, 0.05) is 18.8 Å². The van der Waals surface area contributed by atoms with Crippen LogP contribution in [0.5, 0.6) is 5.75 Å². The molecule has 1 aromatic heterocycles. The zero-order valence-electron chi connectivity index (χ0n) is 10.1. The average Bonchev–Trinajstić information content (AvgIpc) is 2.40. The number of nitrogens with zero attached hydrogens (tertiary/aromatic N) is 1. The van der Waals surface area contributed by atoms with Crippen molar-refractivity contribution in [1.29, 1.82) is 0 Å². The van der Waals surface area contributed by atoms with Gasteiger partial charge in [0.25, 0.3) is 0 Å². The summed E-state index contributed by atoms with van der Waals surface area (Å²) in [5, 5.41) is 0. The number of aryl methyl sites for hydroxylation is 1. The first-order chi connectivity index (χ1) is 8.40. The van der Waals surface area contributed by atoms with Gasteiger partial charge < -0.3 is 4.74 Å². The molecule has 0 spiro atoms. The Bertz CT molecular complexity index is 453. The Balaban J connectivity index is 1.90. The molecule has 2 nitrogen and oxygen atoms in total. The molecule has 0 saturated carbocycles. The van der Waals surface area contributed by atoms with Gasteiger partial charge in [-0.3, -0.25) is 4.98 Å². The molecule has 1 heterocycles. The minimum Gasteiger partial charge on any atom is -0.493 e. The van der Waals surface area contributed by atoms with Crippen LogP contribution in [-0.4, -0.2) is 11.6 Å². The first-order valence-corrected chi connectivity index (χ1v) is 5.99.